The van der Waals surface area contributed by atoms with Crippen molar-refractivity contribution in [2.75, 3.05) is 11.9 Å². The maximum atomic E-state index is 5.19. The Bertz CT molecular complexity index is 403. The average molecular weight is 251 g/mol. The number of hydrogen-bond donors (Lipinski definition) is 2. The van der Waals surface area contributed by atoms with Crippen molar-refractivity contribution in [2.24, 2.45) is 4.99 Å². The standard InChI is InChI=1S/C11H13N3S2/c1-8-7-12-11(16-8)14-10(15)13-9-5-3-2-4-6-9/h2-6,8H,7H2,1H3,(H2,12,13,14,15)/t8-/m0/s1. The first kappa shape index (κ1) is 11.4. The lowest BCUT2D eigenvalue weighted by molar-refractivity contribution is 0.973. The van der Waals surface area contributed by atoms with Gasteiger partial charge in [-0.2, -0.15) is 0 Å². The Hall–Kier alpha value is -1.07. The summed E-state index contributed by atoms with van der Waals surface area (Å²) in [6.07, 6.45) is 0. The minimum absolute atomic E-state index is 0.544. The van der Waals surface area contributed by atoms with E-state index in [1.165, 1.54) is 0 Å². The van der Waals surface area contributed by atoms with Crippen LogP contribution >= 0.6 is 24.0 Å². The molecule has 5 heteroatoms. The molecule has 0 radical (unpaired) electrons. The zero-order chi connectivity index (χ0) is 11.4. The maximum Gasteiger partial charge on any atom is 0.176 e. The zero-order valence-corrected chi connectivity index (χ0v) is 10.6. The fourth-order valence-corrected chi connectivity index (χ4v) is 2.45. The Morgan fingerprint density at radius 1 is 1.38 bits per heavy atom. The van der Waals surface area contributed by atoms with Crippen LogP contribution in [0, 0.1) is 0 Å². The molecular formula is C11H13N3S2. The van der Waals surface area contributed by atoms with E-state index in [4.69, 9.17) is 12.2 Å². The number of benzene rings is 1. The number of aliphatic imine (C=N–C) groups is 1. The van der Waals surface area contributed by atoms with E-state index in [0.717, 1.165) is 17.4 Å². The number of hydrogen-bond acceptors (Lipinski definition) is 3. The Labute approximate surface area is 105 Å². The van der Waals surface area contributed by atoms with Crippen molar-refractivity contribution in [2.45, 2.75) is 12.2 Å². The molecule has 2 N–H and O–H groups in total. The third-order valence-electron chi connectivity index (χ3n) is 2.06. The van der Waals surface area contributed by atoms with E-state index in [-0.39, 0.29) is 0 Å². The van der Waals surface area contributed by atoms with Crippen LogP contribution in [0.4, 0.5) is 5.69 Å². The first-order valence-electron chi connectivity index (χ1n) is 5.08. The minimum atomic E-state index is 0.544. The normalized spacial score (nSPS) is 19.1. The van der Waals surface area contributed by atoms with Crippen molar-refractivity contribution in [3.63, 3.8) is 0 Å². The molecule has 3 nitrogen and oxygen atoms in total. The van der Waals surface area contributed by atoms with Gasteiger partial charge < -0.3 is 10.6 Å². The van der Waals surface area contributed by atoms with Crippen molar-refractivity contribution >= 4 is 39.9 Å². The van der Waals surface area contributed by atoms with Crippen LogP contribution in [0.1, 0.15) is 6.92 Å². The van der Waals surface area contributed by atoms with Crippen LogP contribution in [-0.4, -0.2) is 22.1 Å². The maximum absolute atomic E-state index is 5.19. The Morgan fingerprint density at radius 2 is 2.12 bits per heavy atom. The smallest absolute Gasteiger partial charge is 0.176 e. The van der Waals surface area contributed by atoms with Gasteiger partial charge in [0.05, 0.1) is 6.54 Å². The molecule has 1 aromatic carbocycles. The molecule has 1 atom stereocenters. The van der Waals surface area contributed by atoms with Gasteiger partial charge in [0.2, 0.25) is 0 Å². The van der Waals surface area contributed by atoms with Gasteiger partial charge in [0.15, 0.2) is 10.3 Å². The van der Waals surface area contributed by atoms with E-state index >= 15 is 0 Å². The molecule has 0 spiro atoms. The molecule has 0 saturated heterocycles. The molecule has 84 valence electrons. The van der Waals surface area contributed by atoms with E-state index in [2.05, 4.69) is 22.5 Å². The van der Waals surface area contributed by atoms with Gasteiger partial charge in [-0.25, -0.2) is 0 Å². The second-order valence-corrected chi connectivity index (χ2v) is 5.35. The molecule has 0 fully saturated rings. The molecular weight excluding hydrogens is 238 g/mol. The summed E-state index contributed by atoms with van der Waals surface area (Å²) in [6.45, 7) is 3.01. The van der Waals surface area contributed by atoms with E-state index in [0.29, 0.717) is 10.4 Å². The summed E-state index contributed by atoms with van der Waals surface area (Å²) in [7, 11) is 0. The Kier molecular flexibility index (Phi) is 3.79. The van der Waals surface area contributed by atoms with Crippen molar-refractivity contribution in [1.29, 1.82) is 0 Å². The van der Waals surface area contributed by atoms with Gasteiger partial charge in [-0.15, -0.1) is 0 Å². The molecule has 16 heavy (non-hydrogen) atoms. The molecule has 1 aromatic rings. The molecule has 0 bridgehead atoms. The first-order chi connectivity index (χ1) is 7.74. The van der Waals surface area contributed by atoms with Gasteiger partial charge in [0.25, 0.3) is 0 Å². The summed E-state index contributed by atoms with van der Waals surface area (Å²) >= 11 is 6.91. The van der Waals surface area contributed by atoms with Crippen molar-refractivity contribution in [3.8, 4) is 0 Å². The quantitative estimate of drug-likeness (QED) is 0.752. The van der Waals surface area contributed by atoms with Crippen LogP contribution in [0.3, 0.4) is 0 Å². The monoisotopic (exact) mass is 251 g/mol. The second-order valence-electron chi connectivity index (χ2n) is 3.52. The Balaban J connectivity index is 1.86. The van der Waals surface area contributed by atoms with Crippen molar-refractivity contribution in [3.05, 3.63) is 30.3 Å². The zero-order valence-electron chi connectivity index (χ0n) is 8.93. The van der Waals surface area contributed by atoms with Gasteiger partial charge in [0, 0.05) is 10.9 Å². The molecule has 0 saturated carbocycles. The number of nitrogens with zero attached hydrogens (tertiary/aromatic N) is 1. The summed E-state index contributed by atoms with van der Waals surface area (Å²) in [5.41, 5.74) is 0.983. The topological polar surface area (TPSA) is 36.4 Å². The van der Waals surface area contributed by atoms with Gasteiger partial charge in [0.1, 0.15) is 0 Å². The predicted molar refractivity (Wildman–Crippen MR) is 75.2 cm³/mol. The van der Waals surface area contributed by atoms with E-state index < -0.39 is 0 Å². The number of nitrogens with one attached hydrogen (secondary N) is 2. The number of anilines is 1. The van der Waals surface area contributed by atoms with E-state index in [9.17, 15) is 0 Å². The molecule has 0 unspecified atom stereocenters. The summed E-state index contributed by atoms with van der Waals surface area (Å²) in [5.74, 6) is 0. The first-order valence-corrected chi connectivity index (χ1v) is 6.37. The average Bonchev–Trinajstić information content (AvgIpc) is 2.65. The molecule has 1 aliphatic heterocycles. The third-order valence-corrected chi connectivity index (χ3v) is 3.27. The number of thioether (sulfide) groups is 1. The van der Waals surface area contributed by atoms with Crippen LogP contribution in [0.15, 0.2) is 35.3 Å². The lowest BCUT2D eigenvalue weighted by Gasteiger charge is -2.09. The van der Waals surface area contributed by atoms with Crippen LogP contribution in [0.5, 0.6) is 0 Å². The van der Waals surface area contributed by atoms with Gasteiger partial charge in [-0.1, -0.05) is 36.9 Å². The van der Waals surface area contributed by atoms with Crippen LogP contribution in [0.25, 0.3) is 0 Å². The number of para-hydroxylation sites is 1. The van der Waals surface area contributed by atoms with Crippen LogP contribution in [-0.2, 0) is 0 Å². The van der Waals surface area contributed by atoms with Crippen molar-refractivity contribution in [1.82, 2.24) is 5.32 Å². The SMILES string of the molecule is C[C@H]1CN=C(NC(=S)Nc2ccccc2)S1. The van der Waals surface area contributed by atoms with E-state index in [1.54, 1.807) is 11.8 Å². The largest absolute Gasteiger partial charge is 0.332 e. The third kappa shape index (κ3) is 3.21. The highest BCUT2D eigenvalue weighted by atomic mass is 32.2. The van der Waals surface area contributed by atoms with Gasteiger partial charge in [-0.3, -0.25) is 4.99 Å². The fourth-order valence-electron chi connectivity index (χ4n) is 1.33. The summed E-state index contributed by atoms with van der Waals surface area (Å²) < 4.78 is 0. The van der Waals surface area contributed by atoms with E-state index in [1.807, 2.05) is 30.3 Å². The number of rotatable bonds is 1. The highest BCUT2D eigenvalue weighted by Crippen LogP contribution is 2.18. The molecule has 1 heterocycles. The fraction of sp³-hybridized carbons (Fsp3) is 0.273. The summed E-state index contributed by atoms with van der Waals surface area (Å²) in [6, 6.07) is 9.85. The molecule has 1 aliphatic rings. The molecule has 0 aromatic heterocycles. The highest BCUT2D eigenvalue weighted by molar-refractivity contribution is 8.14. The summed E-state index contributed by atoms with van der Waals surface area (Å²) in [4.78, 5) is 4.34. The molecule has 2 rings (SSSR count). The van der Waals surface area contributed by atoms with Gasteiger partial charge >= 0.3 is 0 Å². The van der Waals surface area contributed by atoms with Crippen LogP contribution < -0.4 is 10.6 Å². The van der Waals surface area contributed by atoms with Crippen molar-refractivity contribution < 1.29 is 0 Å². The van der Waals surface area contributed by atoms with Gasteiger partial charge in [-0.05, 0) is 24.4 Å². The highest BCUT2D eigenvalue weighted by Gasteiger charge is 2.15. The number of thiocarbonyl (C=S) groups is 1. The molecule has 0 aliphatic carbocycles. The Morgan fingerprint density at radius 3 is 2.75 bits per heavy atom. The lowest BCUT2D eigenvalue weighted by Crippen LogP contribution is -2.31. The summed E-state index contributed by atoms with van der Waals surface area (Å²) in [5, 5.41) is 8.24. The predicted octanol–water partition coefficient (Wildman–Crippen LogP) is 2.46. The second kappa shape index (κ2) is 5.32. The molecule has 0 amide bonds. The minimum Gasteiger partial charge on any atom is -0.332 e. The van der Waals surface area contributed by atoms with Crippen LogP contribution in [0.2, 0.25) is 0 Å². The lowest BCUT2D eigenvalue weighted by atomic mass is 10.3. The number of amidine groups is 1.